The van der Waals surface area contributed by atoms with Gasteiger partial charge in [-0.05, 0) is 26.9 Å². The van der Waals surface area contributed by atoms with E-state index in [0.717, 1.165) is 19.5 Å². The molecule has 4 heteroatoms. The Hall–Kier alpha value is -0.610. The largest absolute Gasteiger partial charge is 0.369 e. The number of hydrogen-bond donors (Lipinski definition) is 1. The van der Waals surface area contributed by atoms with Gasteiger partial charge in [0.25, 0.3) is 0 Å². The fourth-order valence-corrected chi connectivity index (χ4v) is 1.64. The summed E-state index contributed by atoms with van der Waals surface area (Å²) in [5.74, 6) is 0.120. The minimum Gasteiger partial charge on any atom is -0.369 e. The van der Waals surface area contributed by atoms with Gasteiger partial charge in [0.1, 0.15) is 6.61 Å². The lowest BCUT2D eigenvalue weighted by atomic mass is 10.1. The van der Waals surface area contributed by atoms with Crippen molar-refractivity contribution < 1.29 is 9.53 Å². The number of ether oxygens (including phenoxy) is 1. The zero-order valence-electron chi connectivity index (χ0n) is 8.38. The monoisotopic (exact) mass is 186 g/mol. The summed E-state index contributed by atoms with van der Waals surface area (Å²) in [4.78, 5) is 13.3. The van der Waals surface area contributed by atoms with E-state index >= 15 is 0 Å². The van der Waals surface area contributed by atoms with Crippen LogP contribution >= 0.6 is 0 Å². The molecule has 0 radical (unpaired) electrons. The Morgan fingerprint density at radius 3 is 3.08 bits per heavy atom. The predicted octanol–water partition coefficient (Wildman–Crippen LogP) is -0.157. The van der Waals surface area contributed by atoms with Crippen LogP contribution in [0.1, 0.15) is 13.3 Å². The van der Waals surface area contributed by atoms with Crippen LogP contribution in [0, 0.1) is 0 Å². The van der Waals surface area contributed by atoms with Crippen LogP contribution in [0.25, 0.3) is 0 Å². The van der Waals surface area contributed by atoms with Crippen molar-refractivity contribution in [3.05, 3.63) is 0 Å². The van der Waals surface area contributed by atoms with Gasteiger partial charge >= 0.3 is 0 Å². The van der Waals surface area contributed by atoms with Crippen LogP contribution in [-0.4, -0.2) is 50.2 Å². The highest BCUT2D eigenvalue weighted by Gasteiger charge is 2.26. The number of rotatable bonds is 4. The third-order valence-electron chi connectivity index (χ3n) is 2.37. The quantitative estimate of drug-likeness (QED) is 0.663. The molecule has 1 heterocycles. The van der Waals surface area contributed by atoms with Crippen molar-refractivity contribution in [1.82, 2.24) is 10.2 Å². The number of morpholine rings is 1. The topological polar surface area (TPSA) is 41.6 Å². The van der Waals surface area contributed by atoms with Gasteiger partial charge in [0.05, 0.1) is 12.6 Å². The minimum absolute atomic E-state index is 0.120. The van der Waals surface area contributed by atoms with Crippen LogP contribution in [-0.2, 0) is 9.53 Å². The van der Waals surface area contributed by atoms with E-state index in [0.29, 0.717) is 6.61 Å². The zero-order chi connectivity index (χ0) is 9.68. The van der Waals surface area contributed by atoms with Crippen LogP contribution in [0.4, 0.5) is 0 Å². The molecule has 1 aliphatic heterocycles. The fourth-order valence-electron chi connectivity index (χ4n) is 1.64. The van der Waals surface area contributed by atoms with Crippen molar-refractivity contribution in [2.45, 2.75) is 19.4 Å². The van der Waals surface area contributed by atoms with Crippen molar-refractivity contribution >= 4 is 5.91 Å². The van der Waals surface area contributed by atoms with E-state index < -0.39 is 0 Å². The lowest BCUT2D eigenvalue weighted by Crippen LogP contribution is -2.49. The highest BCUT2D eigenvalue weighted by Crippen LogP contribution is 2.10. The third-order valence-corrected chi connectivity index (χ3v) is 2.37. The second-order valence-electron chi connectivity index (χ2n) is 3.24. The molecule has 13 heavy (non-hydrogen) atoms. The fraction of sp³-hybridized carbons (Fsp3) is 0.889. The second kappa shape index (κ2) is 5.19. The Balaban J connectivity index is 2.44. The molecule has 0 aromatic rings. The lowest BCUT2D eigenvalue weighted by molar-refractivity contribution is -0.147. The van der Waals surface area contributed by atoms with Gasteiger partial charge in [-0.15, -0.1) is 0 Å². The first-order valence-electron chi connectivity index (χ1n) is 4.81. The first-order valence-corrected chi connectivity index (χ1v) is 4.81. The molecule has 1 fully saturated rings. The molecule has 1 unspecified atom stereocenters. The smallest absolute Gasteiger partial charge is 0.248 e. The highest BCUT2D eigenvalue weighted by atomic mass is 16.5. The maximum absolute atomic E-state index is 11.4. The number of carbonyl (C=O) groups excluding carboxylic acids is 1. The minimum atomic E-state index is 0.120. The van der Waals surface area contributed by atoms with Gasteiger partial charge in [0.2, 0.25) is 5.91 Å². The normalized spacial score (nSPS) is 23.7. The molecule has 1 amide bonds. The Kier molecular flexibility index (Phi) is 4.18. The molecule has 0 saturated carbocycles. The van der Waals surface area contributed by atoms with E-state index in [1.807, 2.05) is 18.9 Å². The first-order chi connectivity index (χ1) is 6.29. The van der Waals surface area contributed by atoms with Crippen molar-refractivity contribution in [2.75, 3.05) is 33.4 Å². The van der Waals surface area contributed by atoms with Crippen molar-refractivity contribution in [2.24, 2.45) is 0 Å². The summed E-state index contributed by atoms with van der Waals surface area (Å²) < 4.78 is 5.20. The van der Waals surface area contributed by atoms with E-state index in [-0.39, 0.29) is 18.6 Å². The Labute approximate surface area is 79.2 Å². The number of amides is 1. The Bertz CT molecular complexity index is 173. The number of hydrogen-bond acceptors (Lipinski definition) is 3. The standard InChI is InChI=1S/C9H18N2O2/c1-3-11-8(4-5-10-2)6-13-7-9(11)12/h8,10H,3-7H2,1-2H3. The molecule has 1 saturated heterocycles. The third kappa shape index (κ3) is 2.67. The van der Waals surface area contributed by atoms with E-state index in [4.69, 9.17) is 4.74 Å². The highest BCUT2D eigenvalue weighted by molar-refractivity contribution is 5.78. The van der Waals surface area contributed by atoms with Crippen molar-refractivity contribution in [1.29, 1.82) is 0 Å². The lowest BCUT2D eigenvalue weighted by Gasteiger charge is -2.34. The molecule has 1 atom stereocenters. The molecule has 0 aromatic heterocycles. The molecule has 0 spiro atoms. The number of carbonyl (C=O) groups is 1. The molecule has 0 bridgehead atoms. The SMILES string of the molecule is CCN1C(=O)COCC1CCNC. The maximum Gasteiger partial charge on any atom is 0.248 e. The molecule has 4 nitrogen and oxygen atoms in total. The average molecular weight is 186 g/mol. The summed E-state index contributed by atoms with van der Waals surface area (Å²) in [5, 5.41) is 3.08. The summed E-state index contributed by atoms with van der Waals surface area (Å²) in [7, 11) is 1.92. The summed E-state index contributed by atoms with van der Waals surface area (Å²) in [6.45, 7) is 4.66. The summed E-state index contributed by atoms with van der Waals surface area (Å²) in [6.07, 6.45) is 0.968. The van der Waals surface area contributed by atoms with Crippen LogP contribution in [0.5, 0.6) is 0 Å². The second-order valence-corrected chi connectivity index (χ2v) is 3.24. The molecule has 76 valence electrons. The van der Waals surface area contributed by atoms with Crippen molar-refractivity contribution in [3.8, 4) is 0 Å². The summed E-state index contributed by atoms with van der Waals surface area (Å²) in [6, 6.07) is 0.263. The number of nitrogens with one attached hydrogen (secondary N) is 1. The first kappa shape index (κ1) is 10.5. The van der Waals surface area contributed by atoms with Crippen LogP contribution in [0.2, 0.25) is 0 Å². The van der Waals surface area contributed by atoms with Crippen LogP contribution in [0.15, 0.2) is 0 Å². The molecule has 0 aliphatic carbocycles. The molecule has 0 aromatic carbocycles. The Morgan fingerprint density at radius 2 is 2.46 bits per heavy atom. The van der Waals surface area contributed by atoms with Gasteiger partial charge < -0.3 is 15.0 Å². The van der Waals surface area contributed by atoms with Gasteiger partial charge in [-0.25, -0.2) is 0 Å². The van der Waals surface area contributed by atoms with Gasteiger partial charge in [0.15, 0.2) is 0 Å². The predicted molar refractivity (Wildman–Crippen MR) is 50.5 cm³/mol. The summed E-state index contributed by atoms with van der Waals surface area (Å²) in [5.41, 5.74) is 0. The molecular formula is C9H18N2O2. The van der Waals surface area contributed by atoms with Crippen LogP contribution < -0.4 is 5.32 Å². The van der Waals surface area contributed by atoms with Gasteiger partial charge in [0, 0.05) is 6.54 Å². The molecular weight excluding hydrogens is 168 g/mol. The summed E-state index contributed by atoms with van der Waals surface area (Å²) >= 11 is 0. The van der Waals surface area contributed by atoms with Crippen molar-refractivity contribution in [3.63, 3.8) is 0 Å². The Morgan fingerprint density at radius 1 is 1.69 bits per heavy atom. The number of likely N-dealkylation sites (N-methyl/N-ethyl adjacent to an activating group) is 1. The van der Waals surface area contributed by atoms with E-state index in [1.165, 1.54) is 0 Å². The van der Waals surface area contributed by atoms with E-state index in [2.05, 4.69) is 5.32 Å². The molecule has 1 aliphatic rings. The average Bonchev–Trinajstić information content (AvgIpc) is 2.15. The van der Waals surface area contributed by atoms with Gasteiger partial charge in [-0.3, -0.25) is 4.79 Å². The molecule has 1 rings (SSSR count). The maximum atomic E-state index is 11.4. The number of nitrogens with zero attached hydrogens (tertiary/aromatic N) is 1. The van der Waals surface area contributed by atoms with Crippen LogP contribution in [0.3, 0.4) is 0 Å². The van der Waals surface area contributed by atoms with Gasteiger partial charge in [-0.2, -0.15) is 0 Å². The molecule has 1 N–H and O–H groups in total. The van der Waals surface area contributed by atoms with E-state index in [9.17, 15) is 4.79 Å². The van der Waals surface area contributed by atoms with Gasteiger partial charge in [-0.1, -0.05) is 0 Å². The van der Waals surface area contributed by atoms with E-state index in [1.54, 1.807) is 0 Å². The zero-order valence-corrected chi connectivity index (χ0v) is 8.38.